The highest BCUT2D eigenvalue weighted by atomic mass is 16.5. The Morgan fingerprint density at radius 1 is 1.30 bits per heavy atom. The molecule has 3 rings (SSSR count). The van der Waals surface area contributed by atoms with E-state index >= 15 is 0 Å². The van der Waals surface area contributed by atoms with Crippen molar-refractivity contribution in [1.29, 1.82) is 0 Å². The van der Waals surface area contributed by atoms with Crippen molar-refractivity contribution >= 4 is 0 Å². The third-order valence-electron chi connectivity index (χ3n) is 3.65. The Morgan fingerprint density at radius 3 is 2.75 bits per heavy atom. The monoisotopic (exact) mass is 274 g/mol. The van der Waals surface area contributed by atoms with Crippen molar-refractivity contribution in [2.75, 3.05) is 6.61 Å². The van der Waals surface area contributed by atoms with Gasteiger partial charge in [-0.25, -0.2) is 0 Å². The summed E-state index contributed by atoms with van der Waals surface area (Å²) in [4.78, 5) is 4.40. The first kappa shape index (κ1) is 13.1. The van der Waals surface area contributed by atoms with E-state index in [4.69, 9.17) is 9.26 Å². The Morgan fingerprint density at radius 2 is 2.05 bits per heavy atom. The highest BCUT2D eigenvalue weighted by molar-refractivity contribution is 5.55. The third-order valence-corrected chi connectivity index (χ3v) is 3.65. The summed E-state index contributed by atoms with van der Waals surface area (Å²) in [7, 11) is 0. The number of rotatable bonds is 5. The van der Waals surface area contributed by atoms with E-state index in [1.807, 2.05) is 6.92 Å². The molecule has 1 aromatic heterocycles. The lowest BCUT2D eigenvalue weighted by Gasteiger charge is -2.33. The van der Waals surface area contributed by atoms with E-state index in [2.05, 4.69) is 10.1 Å². The Hall–Kier alpha value is -1.88. The van der Waals surface area contributed by atoms with Gasteiger partial charge in [-0.2, -0.15) is 4.98 Å². The lowest BCUT2D eigenvalue weighted by atomic mass is 9.80. The number of aromatic nitrogens is 2. The molecule has 0 amide bonds. The van der Waals surface area contributed by atoms with Gasteiger partial charge in [0.15, 0.2) is 0 Å². The van der Waals surface area contributed by atoms with Gasteiger partial charge in [0.05, 0.1) is 6.10 Å². The Balaban J connectivity index is 1.59. The van der Waals surface area contributed by atoms with Crippen molar-refractivity contribution in [3.8, 4) is 17.1 Å². The molecule has 5 nitrogen and oxygen atoms in total. The lowest BCUT2D eigenvalue weighted by Crippen LogP contribution is -2.32. The Bertz CT molecular complexity index is 559. The van der Waals surface area contributed by atoms with Gasteiger partial charge in [0.1, 0.15) is 5.75 Å². The maximum absolute atomic E-state index is 9.26. The van der Waals surface area contributed by atoms with Gasteiger partial charge in [0, 0.05) is 18.6 Å². The molecule has 1 aliphatic rings. The Kier molecular flexibility index (Phi) is 3.69. The zero-order valence-corrected chi connectivity index (χ0v) is 11.5. The summed E-state index contributed by atoms with van der Waals surface area (Å²) in [6, 6.07) is 6.78. The second-order valence-corrected chi connectivity index (χ2v) is 5.18. The highest BCUT2D eigenvalue weighted by Gasteiger charge is 2.31. The van der Waals surface area contributed by atoms with Crippen LogP contribution in [0.2, 0.25) is 0 Å². The van der Waals surface area contributed by atoms with Crippen LogP contribution in [0.3, 0.4) is 0 Å². The predicted molar refractivity (Wildman–Crippen MR) is 73.2 cm³/mol. The topological polar surface area (TPSA) is 68.4 Å². The minimum Gasteiger partial charge on any atom is -0.508 e. The second-order valence-electron chi connectivity index (χ2n) is 5.18. The molecule has 0 spiro atoms. The lowest BCUT2D eigenvalue weighted by molar-refractivity contribution is -0.0258. The van der Waals surface area contributed by atoms with Gasteiger partial charge in [-0.3, -0.25) is 0 Å². The molecular formula is C15H18N2O3. The summed E-state index contributed by atoms with van der Waals surface area (Å²) in [5.41, 5.74) is 0.846. The van der Waals surface area contributed by atoms with Crippen LogP contribution in [-0.4, -0.2) is 28.0 Å². The van der Waals surface area contributed by atoms with Crippen LogP contribution in [0, 0.1) is 5.92 Å². The van der Waals surface area contributed by atoms with Crippen LogP contribution in [0.15, 0.2) is 28.8 Å². The number of nitrogens with zero attached hydrogens (tertiary/aromatic N) is 2. The van der Waals surface area contributed by atoms with E-state index in [-0.39, 0.29) is 5.75 Å². The fourth-order valence-electron chi connectivity index (χ4n) is 2.53. The van der Waals surface area contributed by atoms with Crippen LogP contribution in [0.25, 0.3) is 11.4 Å². The number of hydrogen-bond donors (Lipinski definition) is 1. The highest BCUT2D eigenvalue weighted by Crippen LogP contribution is 2.32. The fourth-order valence-corrected chi connectivity index (χ4v) is 2.53. The number of aromatic hydroxyl groups is 1. The van der Waals surface area contributed by atoms with Crippen LogP contribution in [0.4, 0.5) is 0 Å². The number of ether oxygens (including phenoxy) is 1. The average molecular weight is 274 g/mol. The van der Waals surface area contributed by atoms with Gasteiger partial charge >= 0.3 is 0 Å². The summed E-state index contributed by atoms with van der Waals surface area (Å²) in [6.45, 7) is 2.80. The summed E-state index contributed by atoms with van der Waals surface area (Å²) in [5, 5.41) is 13.2. The maximum Gasteiger partial charge on any atom is 0.227 e. The number of benzene rings is 1. The summed E-state index contributed by atoms with van der Waals surface area (Å²) >= 11 is 0. The van der Waals surface area contributed by atoms with Crippen molar-refractivity contribution in [1.82, 2.24) is 10.1 Å². The minimum atomic E-state index is 0.230. The molecule has 0 saturated heterocycles. The zero-order valence-electron chi connectivity index (χ0n) is 11.5. The molecular weight excluding hydrogens is 256 g/mol. The van der Waals surface area contributed by atoms with E-state index in [1.54, 1.807) is 24.3 Å². The van der Waals surface area contributed by atoms with E-state index in [0.29, 0.717) is 23.7 Å². The third kappa shape index (κ3) is 2.82. The average Bonchev–Trinajstić information content (AvgIpc) is 2.86. The van der Waals surface area contributed by atoms with E-state index in [1.165, 1.54) is 0 Å². The molecule has 106 valence electrons. The van der Waals surface area contributed by atoms with Gasteiger partial charge < -0.3 is 14.4 Å². The van der Waals surface area contributed by atoms with Crippen molar-refractivity contribution in [2.24, 2.45) is 5.92 Å². The maximum atomic E-state index is 9.26. The zero-order chi connectivity index (χ0) is 13.9. The summed E-state index contributed by atoms with van der Waals surface area (Å²) in [5.74, 6) is 2.06. The van der Waals surface area contributed by atoms with Gasteiger partial charge in [-0.05, 0) is 49.9 Å². The smallest absolute Gasteiger partial charge is 0.227 e. The molecule has 1 heterocycles. The summed E-state index contributed by atoms with van der Waals surface area (Å²) < 4.78 is 10.8. The first-order chi connectivity index (χ1) is 9.74. The number of phenols is 1. The standard InChI is InChI=1S/C15H18N2O3/c1-2-19-13-7-10(8-13)9-14-16-15(17-20-14)11-3-5-12(18)6-4-11/h3-6,10,13,18H,2,7-9H2,1H3. The molecule has 1 fully saturated rings. The quantitative estimate of drug-likeness (QED) is 0.908. The molecule has 1 aromatic carbocycles. The fraction of sp³-hybridized carbons (Fsp3) is 0.467. The molecule has 1 aliphatic carbocycles. The first-order valence-electron chi connectivity index (χ1n) is 6.98. The molecule has 0 atom stereocenters. The molecule has 2 aromatic rings. The van der Waals surface area contributed by atoms with Crippen LogP contribution in [0.5, 0.6) is 5.75 Å². The van der Waals surface area contributed by atoms with Crippen LogP contribution < -0.4 is 0 Å². The number of phenolic OH excluding ortho intramolecular Hbond substituents is 1. The second kappa shape index (κ2) is 5.63. The van der Waals surface area contributed by atoms with Crippen LogP contribution in [-0.2, 0) is 11.2 Å². The van der Waals surface area contributed by atoms with E-state index in [9.17, 15) is 5.11 Å². The molecule has 1 saturated carbocycles. The van der Waals surface area contributed by atoms with Gasteiger partial charge in [0.25, 0.3) is 0 Å². The molecule has 0 aliphatic heterocycles. The van der Waals surface area contributed by atoms with Crippen molar-refractivity contribution in [2.45, 2.75) is 32.3 Å². The first-order valence-corrected chi connectivity index (χ1v) is 6.98. The van der Waals surface area contributed by atoms with Crippen LogP contribution >= 0.6 is 0 Å². The Labute approximate surface area is 117 Å². The SMILES string of the molecule is CCOC1CC(Cc2nc(-c3ccc(O)cc3)no2)C1. The summed E-state index contributed by atoms with van der Waals surface area (Å²) in [6.07, 6.45) is 3.37. The van der Waals surface area contributed by atoms with Gasteiger partial charge in [0.2, 0.25) is 11.7 Å². The largest absolute Gasteiger partial charge is 0.508 e. The molecule has 20 heavy (non-hydrogen) atoms. The molecule has 1 N–H and O–H groups in total. The van der Waals surface area contributed by atoms with Gasteiger partial charge in [-0.1, -0.05) is 5.16 Å². The molecule has 0 bridgehead atoms. The normalized spacial score (nSPS) is 21.6. The predicted octanol–water partition coefficient (Wildman–Crippen LogP) is 2.80. The van der Waals surface area contributed by atoms with E-state index < -0.39 is 0 Å². The van der Waals surface area contributed by atoms with Crippen molar-refractivity contribution in [3.05, 3.63) is 30.2 Å². The van der Waals surface area contributed by atoms with Crippen molar-refractivity contribution < 1.29 is 14.4 Å². The van der Waals surface area contributed by atoms with Crippen molar-refractivity contribution in [3.63, 3.8) is 0 Å². The van der Waals surface area contributed by atoms with E-state index in [0.717, 1.165) is 31.4 Å². The minimum absolute atomic E-state index is 0.230. The van der Waals surface area contributed by atoms with Crippen LogP contribution in [0.1, 0.15) is 25.7 Å². The van der Waals surface area contributed by atoms with Gasteiger partial charge in [-0.15, -0.1) is 0 Å². The molecule has 5 heteroatoms. The number of hydrogen-bond acceptors (Lipinski definition) is 5. The molecule has 0 radical (unpaired) electrons. The molecule has 0 unspecified atom stereocenters.